The Kier molecular flexibility index (Phi) is 8.04. The van der Waals surface area contributed by atoms with E-state index in [2.05, 4.69) is 22.0 Å². The van der Waals surface area contributed by atoms with Gasteiger partial charge in [0.05, 0.1) is 17.3 Å². The van der Waals surface area contributed by atoms with Crippen LogP contribution in [0.3, 0.4) is 0 Å². The number of carbonyl (C=O) groups is 1. The molecule has 1 aliphatic rings. The minimum absolute atomic E-state index is 0.0219. The lowest BCUT2D eigenvalue weighted by Gasteiger charge is -2.40. The van der Waals surface area contributed by atoms with Crippen molar-refractivity contribution in [3.05, 3.63) is 59.4 Å². The van der Waals surface area contributed by atoms with Crippen molar-refractivity contribution in [2.45, 2.75) is 19.1 Å². The Labute approximate surface area is 181 Å². The van der Waals surface area contributed by atoms with Gasteiger partial charge < -0.3 is 15.2 Å². The molecular formula is C22H27ClFN3O3. The summed E-state index contributed by atoms with van der Waals surface area (Å²) < 4.78 is 19.0. The molecule has 6 nitrogen and oxygen atoms in total. The molecule has 1 saturated heterocycles. The molecule has 0 spiro atoms. The summed E-state index contributed by atoms with van der Waals surface area (Å²) in [4.78, 5) is 16.6. The Hall–Kier alpha value is -2.19. The van der Waals surface area contributed by atoms with Crippen LogP contribution in [0.1, 0.15) is 6.92 Å². The standard InChI is InChI=1S/C22H27ClFN3O3/c1-16-12-26(14-22(29)25-20-8-4-2-6-18(20)23)10-11-27(16)13-17(28)15-30-21-9-5-3-7-19(21)24/h2-9,16-17,28H,10-15H2,1H3,(H,25,29). The molecule has 2 aromatic rings. The minimum atomic E-state index is -0.734. The largest absolute Gasteiger partial charge is 0.488 e. The number of piperazine rings is 1. The number of para-hydroxylation sites is 2. The monoisotopic (exact) mass is 435 g/mol. The molecule has 1 fully saturated rings. The zero-order chi connectivity index (χ0) is 21.5. The molecule has 2 N–H and O–H groups in total. The first-order chi connectivity index (χ1) is 14.4. The highest BCUT2D eigenvalue weighted by Crippen LogP contribution is 2.20. The summed E-state index contributed by atoms with van der Waals surface area (Å²) in [7, 11) is 0. The van der Waals surface area contributed by atoms with E-state index in [1.165, 1.54) is 12.1 Å². The van der Waals surface area contributed by atoms with Gasteiger partial charge in [-0.15, -0.1) is 0 Å². The van der Waals surface area contributed by atoms with E-state index in [0.29, 0.717) is 30.3 Å². The maximum Gasteiger partial charge on any atom is 0.238 e. The van der Waals surface area contributed by atoms with Gasteiger partial charge in [0.1, 0.15) is 12.7 Å². The van der Waals surface area contributed by atoms with Crippen LogP contribution in [0.2, 0.25) is 5.02 Å². The normalized spacial score (nSPS) is 18.7. The number of aliphatic hydroxyl groups is 1. The Morgan fingerprint density at radius 1 is 1.27 bits per heavy atom. The van der Waals surface area contributed by atoms with Gasteiger partial charge in [0.2, 0.25) is 5.91 Å². The fourth-order valence-electron chi connectivity index (χ4n) is 3.51. The number of β-amino-alcohol motifs (C(OH)–C–C–N with tert-alkyl or cyclic N) is 1. The molecule has 0 bridgehead atoms. The third-order valence-corrected chi connectivity index (χ3v) is 5.41. The van der Waals surface area contributed by atoms with Crippen LogP contribution in [-0.4, -0.2) is 72.3 Å². The van der Waals surface area contributed by atoms with Crippen molar-refractivity contribution in [2.24, 2.45) is 0 Å². The highest BCUT2D eigenvalue weighted by atomic mass is 35.5. The fourth-order valence-corrected chi connectivity index (χ4v) is 3.70. The predicted molar refractivity (Wildman–Crippen MR) is 115 cm³/mol. The summed E-state index contributed by atoms with van der Waals surface area (Å²) in [6.45, 7) is 4.92. The molecule has 2 unspecified atom stereocenters. The zero-order valence-electron chi connectivity index (χ0n) is 16.9. The van der Waals surface area contributed by atoms with Crippen molar-refractivity contribution in [3.63, 3.8) is 0 Å². The van der Waals surface area contributed by atoms with Crippen LogP contribution in [0.15, 0.2) is 48.5 Å². The molecule has 30 heavy (non-hydrogen) atoms. The third-order valence-electron chi connectivity index (χ3n) is 5.08. The number of carbonyl (C=O) groups excluding carboxylic acids is 1. The Morgan fingerprint density at radius 2 is 2.00 bits per heavy atom. The van der Waals surface area contributed by atoms with Crippen molar-refractivity contribution in [2.75, 3.05) is 44.6 Å². The molecule has 0 aromatic heterocycles. The average molecular weight is 436 g/mol. The first-order valence-corrected chi connectivity index (χ1v) is 10.4. The van der Waals surface area contributed by atoms with Crippen molar-refractivity contribution in [3.8, 4) is 5.75 Å². The van der Waals surface area contributed by atoms with Crippen molar-refractivity contribution in [1.29, 1.82) is 0 Å². The highest BCUT2D eigenvalue weighted by molar-refractivity contribution is 6.33. The van der Waals surface area contributed by atoms with E-state index >= 15 is 0 Å². The van der Waals surface area contributed by atoms with E-state index in [9.17, 15) is 14.3 Å². The number of nitrogens with zero attached hydrogens (tertiary/aromatic N) is 2. The van der Waals surface area contributed by atoms with Crippen LogP contribution in [0.25, 0.3) is 0 Å². The van der Waals surface area contributed by atoms with Gasteiger partial charge in [0.25, 0.3) is 0 Å². The SMILES string of the molecule is CC1CN(CC(=O)Nc2ccccc2Cl)CCN1CC(O)COc1ccccc1F. The van der Waals surface area contributed by atoms with Crippen LogP contribution in [0.5, 0.6) is 5.75 Å². The molecule has 1 aliphatic heterocycles. The van der Waals surface area contributed by atoms with E-state index in [1.54, 1.807) is 24.3 Å². The lowest BCUT2D eigenvalue weighted by atomic mass is 10.1. The summed E-state index contributed by atoms with van der Waals surface area (Å²) in [6.07, 6.45) is -0.734. The van der Waals surface area contributed by atoms with Gasteiger partial charge in [-0.3, -0.25) is 14.6 Å². The zero-order valence-corrected chi connectivity index (χ0v) is 17.7. The topological polar surface area (TPSA) is 65.0 Å². The van der Waals surface area contributed by atoms with Crippen LogP contribution in [0.4, 0.5) is 10.1 Å². The van der Waals surface area contributed by atoms with E-state index in [4.69, 9.17) is 16.3 Å². The second-order valence-electron chi connectivity index (χ2n) is 7.50. The number of rotatable bonds is 8. The molecule has 2 atom stereocenters. The van der Waals surface area contributed by atoms with E-state index in [-0.39, 0.29) is 30.9 Å². The van der Waals surface area contributed by atoms with Crippen molar-refractivity contribution in [1.82, 2.24) is 9.80 Å². The second-order valence-corrected chi connectivity index (χ2v) is 7.91. The van der Waals surface area contributed by atoms with Gasteiger partial charge in [-0.2, -0.15) is 0 Å². The number of nitrogens with one attached hydrogen (secondary N) is 1. The number of hydrogen-bond donors (Lipinski definition) is 2. The van der Waals surface area contributed by atoms with Gasteiger partial charge >= 0.3 is 0 Å². The summed E-state index contributed by atoms with van der Waals surface area (Å²) >= 11 is 6.09. The summed E-state index contributed by atoms with van der Waals surface area (Å²) in [5.74, 6) is -0.414. The van der Waals surface area contributed by atoms with Gasteiger partial charge in [-0.05, 0) is 31.2 Å². The van der Waals surface area contributed by atoms with Gasteiger partial charge in [-0.1, -0.05) is 35.9 Å². The number of ether oxygens (including phenoxy) is 1. The quantitative estimate of drug-likeness (QED) is 0.667. The maximum absolute atomic E-state index is 13.6. The highest BCUT2D eigenvalue weighted by Gasteiger charge is 2.26. The number of amides is 1. The van der Waals surface area contributed by atoms with E-state index < -0.39 is 11.9 Å². The molecule has 1 amide bonds. The third kappa shape index (κ3) is 6.40. The first-order valence-electron chi connectivity index (χ1n) is 9.98. The maximum atomic E-state index is 13.6. The molecule has 0 saturated carbocycles. The molecule has 1 heterocycles. The number of anilines is 1. The van der Waals surface area contributed by atoms with Crippen molar-refractivity contribution >= 4 is 23.2 Å². The Bertz CT molecular complexity index is 854. The number of benzene rings is 2. The number of halogens is 2. The van der Waals surface area contributed by atoms with E-state index in [0.717, 1.165) is 6.54 Å². The molecule has 3 rings (SSSR count). The van der Waals surface area contributed by atoms with Crippen LogP contribution >= 0.6 is 11.6 Å². The van der Waals surface area contributed by atoms with Crippen molar-refractivity contribution < 1.29 is 19.0 Å². The molecule has 162 valence electrons. The smallest absolute Gasteiger partial charge is 0.238 e. The number of hydrogen-bond acceptors (Lipinski definition) is 5. The lowest BCUT2D eigenvalue weighted by Crippen LogP contribution is -2.55. The lowest BCUT2D eigenvalue weighted by molar-refractivity contribution is -0.118. The van der Waals surface area contributed by atoms with E-state index in [1.807, 2.05) is 12.1 Å². The Balaban J connectivity index is 1.41. The summed E-state index contributed by atoms with van der Waals surface area (Å²) in [6, 6.07) is 13.4. The predicted octanol–water partition coefficient (Wildman–Crippen LogP) is 2.86. The molecule has 8 heteroatoms. The first kappa shape index (κ1) is 22.5. The van der Waals surface area contributed by atoms with Gasteiger partial charge in [0.15, 0.2) is 11.6 Å². The Morgan fingerprint density at radius 3 is 2.73 bits per heavy atom. The fraction of sp³-hybridized carbons (Fsp3) is 0.409. The molecule has 2 aromatic carbocycles. The molecular weight excluding hydrogens is 409 g/mol. The van der Waals surface area contributed by atoms with Gasteiger partial charge in [0, 0.05) is 32.2 Å². The van der Waals surface area contributed by atoms with Crippen LogP contribution in [0, 0.1) is 5.82 Å². The second kappa shape index (κ2) is 10.7. The van der Waals surface area contributed by atoms with Gasteiger partial charge in [-0.25, -0.2) is 4.39 Å². The molecule has 0 aliphatic carbocycles. The minimum Gasteiger partial charge on any atom is -0.488 e. The summed E-state index contributed by atoms with van der Waals surface area (Å²) in [5.41, 5.74) is 0.605. The average Bonchev–Trinajstić information content (AvgIpc) is 2.71. The molecule has 0 radical (unpaired) electrons. The number of aliphatic hydroxyl groups excluding tert-OH is 1. The van der Waals surface area contributed by atoms with Crippen LogP contribution in [-0.2, 0) is 4.79 Å². The summed E-state index contributed by atoms with van der Waals surface area (Å²) in [5, 5.41) is 13.6. The van der Waals surface area contributed by atoms with Crippen LogP contribution < -0.4 is 10.1 Å².